The predicted molar refractivity (Wildman–Crippen MR) is 78.6 cm³/mol. The summed E-state index contributed by atoms with van der Waals surface area (Å²) >= 11 is 0. The summed E-state index contributed by atoms with van der Waals surface area (Å²) in [6.07, 6.45) is 0. The standard InChI is InChI=1S/C17H16N2O/c18-10-13-6-8-14(9-7-13)16-11-20-12-17(16)19-15-4-2-1-3-5-15/h1-9,16-17,19H,11-12H2/t16-,17-/m0/s1. The Balaban J connectivity index is 1.76. The Labute approximate surface area is 118 Å². The topological polar surface area (TPSA) is 45.0 Å². The zero-order chi connectivity index (χ0) is 13.8. The maximum Gasteiger partial charge on any atom is 0.0991 e. The fraction of sp³-hybridized carbons (Fsp3) is 0.235. The Morgan fingerprint density at radius 3 is 2.45 bits per heavy atom. The Hall–Kier alpha value is -2.31. The molecule has 1 fully saturated rings. The van der Waals surface area contributed by atoms with Gasteiger partial charge in [-0.25, -0.2) is 0 Å². The van der Waals surface area contributed by atoms with Gasteiger partial charge < -0.3 is 10.1 Å². The lowest BCUT2D eigenvalue weighted by Crippen LogP contribution is -2.26. The van der Waals surface area contributed by atoms with Gasteiger partial charge in [-0.05, 0) is 29.8 Å². The SMILES string of the molecule is N#Cc1ccc([C@@H]2COC[C@@H]2Nc2ccccc2)cc1. The van der Waals surface area contributed by atoms with Crippen molar-refractivity contribution in [2.75, 3.05) is 18.5 Å². The second-order valence-corrected chi connectivity index (χ2v) is 4.99. The summed E-state index contributed by atoms with van der Waals surface area (Å²) < 4.78 is 5.63. The molecule has 2 aromatic carbocycles. The summed E-state index contributed by atoms with van der Waals surface area (Å²) in [5.74, 6) is 0.322. The van der Waals surface area contributed by atoms with Crippen molar-refractivity contribution in [3.63, 3.8) is 0 Å². The van der Waals surface area contributed by atoms with E-state index >= 15 is 0 Å². The molecule has 1 aliphatic heterocycles. The number of hydrogen-bond donors (Lipinski definition) is 1. The maximum atomic E-state index is 8.85. The Bertz CT molecular complexity index is 601. The van der Waals surface area contributed by atoms with Gasteiger partial charge >= 0.3 is 0 Å². The van der Waals surface area contributed by atoms with Gasteiger partial charge in [0.2, 0.25) is 0 Å². The minimum Gasteiger partial charge on any atom is -0.379 e. The molecule has 0 aromatic heterocycles. The molecular weight excluding hydrogens is 248 g/mol. The molecule has 1 aliphatic rings. The van der Waals surface area contributed by atoms with Crippen LogP contribution in [-0.4, -0.2) is 19.3 Å². The van der Waals surface area contributed by atoms with Crippen LogP contribution in [0.3, 0.4) is 0 Å². The fourth-order valence-electron chi connectivity index (χ4n) is 2.58. The van der Waals surface area contributed by atoms with E-state index in [0.29, 0.717) is 18.1 Å². The van der Waals surface area contributed by atoms with Crippen LogP contribution in [0.15, 0.2) is 54.6 Å². The quantitative estimate of drug-likeness (QED) is 0.926. The van der Waals surface area contributed by atoms with Crippen LogP contribution in [0.4, 0.5) is 5.69 Å². The minimum atomic E-state index is 0.269. The molecule has 0 radical (unpaired) electrons. The van der Waals surface area contributed by atoms with Crippen LogP contribution in [0.5, 0.6) is 0 Å². The average Bonchev–Trinajstić information content (AvgIpc) is 2.96. The largest absolute Gasteiger partial charge is 0.379 e. The smallest absolute Gasteiger partial charge is 0.0991 e. The zero-order valence-corrected chi connectivity index (χ0v) is 11.1. The molecule has 3 heteroatoms. The average molecular weight is 264 g/mol. The summed E-state index contributed by atoms with van der Waals surface area (Å²) in [6, 6.07) is 20.4. The summed E-state index contributed by atoms with van der Waals surface area (Å²) in [4.78, 5) is 0. The first-order chi connectivity index (χ1) is 9.86. The number of para-hydroxylation sites is 1. The van der Waals surface area contributed by atoms with E-state index in [1.807, 2.05) is 42.5 Å². The Morgan fingerprint density at radius 2 is 1.75 bits per heavy atom. The van der Waals surface area contributed by atoms with Gasteiger partial charge in [0, 0.05) is 11.6 Å². The number of hydrogen-bond acceptors (Lipinski definition) is 3. The highest BCUT2D eigenvalue weighted by molar-refractivity contribution is 5.45. The molecule has 3 nitrogen and oxygen atoms in total. The van der Waals surface area contributed by atoms with Crippen LogP contribution >= 0.6 is 0 Å². The van der Waals surface area contributed by atoms with Crippen LogP contribution in [-0.2, 0) is 4.74 Å². The van der Waals surface area contributed by atoms with Crippen molar-refractivity contribution in [2.45, 2.75) is 12.0 Å². The highest BCUT2D eigenvalue weighted by Crippen LogP contribution is 2.28. The molecule has 20 heavy (non-hydrogen) atoms. The lowest BCUT2D eigenvalue weighted by atomic mass is 9.93. The lowest BCUT2D eigenvalue weighted by molar-refractivity contribution is 0.192. The monoisotopic (exact) mass is 264 g/mol. The van der Waals surface area contributed by atoms with Crippen molar-refractivity contribution >= 4 is 5.69 Å². The molecule has 1 saturated heterocycles. The van der Waals surface area contributed by atoms with E-state index in [1.165, 1.54) is 5.56 Å². The molecule has 0 bridgehead atoms. The summed E-state index contributed by atoms with van der Waals surface area (Å²) in [5, 5.41) is 12.4. The molecule has 0 aliphatic carbocycles. The number of anilines is 1. The highest BCUT2D eigenvalue weighted by atomic mass is 16.5. The van der Waals surface area contributed by atoms with Crippen molar-refractivity contribution in [1.29, 1.82) is 5.26 Å². The van der Waals surface area contributed by atoms with E-state index in [9.17, 15) is 0 Å². The number of nitrogens with one attached hydrogen (secondary N) is 1. The van der Waals surface area contributed by atoms with E-state index in [1.54, 1.807) is 0 Å². The van der Waals surface area contributed by atoms with Crippen molar-refractivity contribution in [2.24, 2.45) is 0 Å². The van der Waals surface area contributed by atoms with E-state index < -0.39 is 0 Å². The van der Waals surface area contributed by atoms with Gasteiger partial charge in [-0.2, -0.15) is 5.26 Å². The number of benzene rings is 2. The first-order valence-electron chi connectivity index (χ1n) is 6.76. The number of rotatable bonds is 3. The van der Waals surface area contributed by atoms with Crippen molar-refractivity contribution < 1.29 is 4.74 Å². The Kier molecular flexibility index (Phi) is 3.67. The maximum absolute atomic E-state index is 8.85. The van der Waals surface area contributed by atoms with Crippen molar-refractivity contribution in [1.82, 2.24) is 0 Å². The van der Waals surface area contributed by atoms with Crippen molar-refractivity contribution in [3.8, 4) is 6.07 Å². The van der Waals surface area contributed by atoms with Crippen LogP contribution in [0, 0.1) is 11.3 Å². The van der Waals surface area contributed by atoms with Crippen molar-refractivity contribution in [3.05, 3.63) is 65.7 Å². The molecular formula is C17H16N2O. The molecule has 0 saturated carbocycles. The van der Waals surface area contributed by atoms with Gasteiger partial charge in [0.25, 0.3) is 0 Å². The van der Waals surface area contributed by atoms with Crippen LogP contribution in [0.1, 0.15) is 17.0 Å². The van der Waals surface area contributed by atoms with Gasteiger partial charge in [0.1, 0.15) is 0 Å². The fourth-order valence-corrected chi connectivity index (χ4v) is 2.58. The first-order valence-corrected chi connectivity index (χ1v) is 6.76. The minimum absolute atomic E-state index is 0.269. The molecule has 0 spiro atoms. The van der Waals surface area contributed by atoms with Gasteiger partial charge in [-0.3, -0.25) is 0 Å². The molecule has 0 amide bonds. The van der Waals surface area contributed by atoms with Gasteiger partial charge in [-0.15, -0.1) is 0 Å². The molecule has 3 rings (SSSR count). The van der Waals surface area contributed by atoms with E-state index in [2.05, 4.69) is 23.5 Å². The third kappa shape index (κ3) is 2.66. The summed E-state index contributed by atoms with van der Waals surface area (Å²) in [5.41, 5.74) is 3.02. The number of ether oxygens (including phenoxy) is 1. The number of nitrogens with zero attached hydrogens (tertiary/aromatic N) is 1. The first kappa shape index (κ1) is 12.7. The third-order valence-electron chi connectivity index (χ3n) is 3.67. The molecule has 2 aromatic rings. The molecule has 2 atom stereocenters. The van der Waals surface area contributed by atoms with Crippen LogP contribution in [0.2, 0.25) is 0 Å². The summed E-state index contributed by atoms with van der Waals surface area (Å²) in [6.45, 7) is 1.43. The van der Waals surface area contributed by atoms with E-state index in [-0.39, 0.29) is 6.04 Å². The normalized spacial score (nSPS) is 21.4. The van der Waals surface area contributed by atoms with E-state index in [4.69, 9.17) is 10.00 Å². The second-order valence-electron chi connectivity index (χ2n) is 4.99. The highest BCUT2D eigenvalue weighted by Gasteiger charge is 2.29. The predicted octanol–water partition coefficient (Wildman–Crippen LogP) is 3.15. The Morgan fingerprint density at radius 1 is 1.00 bits per heavy atom. The van der Waals surface area contributed by atoms with Gasteiger partial charge in [0.05, 0.1) is 30.9 Å². The molecule has 1 heterocycles. The molecule has 0 unspecified atom stereocenters. The van der Waals surface area contributed by atoms with E-state index in [0.717, 1.165) is 12.3 Å². The summed E-state index contributed by atoms with van der Waals surface area (Å²) in [7, 11) is 0. The lowest BCUT2D eigenvalue weighted by Gasteiger charge is -2.20. The molecule has 100 valence electrons. The second kappa shape index (κ2) is 5.77. The van der Waals surface area contributed by atoms with Crippen LogP contribution < -0.4 is 5.32 Å². The molecule has 1 N–H and O–H groups in total. The van der Waals surface area contributed by atoms with Crippen LogP contribution in [0.25, 0.3) is 0 Å². The third-order valence-corrected chi connectivity index (χ3v) is 3.67. The van der Waals surface area contributed by atoms with Gasteiger partial charge in [-0.1, -0.05) is 30.3 Å². The van der Waals surface area contributed by atoms with Gasteiger partial charge in [0.15, 0.2) is 0 Å². The zero-order valence-electron chi connectivity index (χ0n) is 11.1. The number of nitriles is 1.